The van der Waals surface area contributed by atoms with E-state index >= 15 is 0 Å². The molecule has 0 radical (unpaired) electrons. The molecule has 2 rings (SSSR count). The zero-order valence-electron chi connectivity index (χ0n) is 10.9. The van der Waals surface area contributed by atoms with Crippen LogP contribution in [0.25, 0.3) is 0 Å². The monoisotopic (exact) mass is 263 g/mol. The van der Waals surface area contributed by atoms with Crippen molar-refractivity contribution in [2.75, 3.05) is 23.8 Å². The van der Waals surface area contributed by atoms with E-state index in [1.807, 2.05) is 0 Å². The molecule has 1 aliphatic rings. The van der Waals surface area contributed by atoms with Crippen molar-refractivity contribution in [3.63, 3.8) is 0 Å². The molecule has 1 aliphatic heterocycles. The van der Waals surface area contributed by atoms with Gasteiger partial charge in [-0.15, -0.1) is 6.58 Å². The van der Waals surface area contributed by atoms with Crippen molar-refractivity contribution >= 4 is 17.3 Å². The Balaban J connectivity index is 2.45. The molecule has 0 spiro atoms. The molecule has 4 nitrogen and oxygen atoms in total. The molecule has 0 saturated carbocycles. The van der Waals surface area contributed by atoms with E-state index in [-0.39, 0.29) is 11.7 Å². The second-order valence-electron chi connectivity index (χ2n) is 4.82. The first-order chi connectivity index (χ1) is 8.99. The number of nitrogens with one attached hydrogen (secondary N) is 1. The number of rotatable bonds is 2. The molecule has 1 amide bonds. The van der Waals surface area contributed by atoms with E-state index in [2.05, 4.69) is 11.9 Å². The topological polar surface area (TPSA) is 58.4 Å². The number of anilines is 2. The number of benzene rings is 1. The van der Waals surface area contributed by atoms with Gasteiger partial charge in [-0.3, -0.25) is 4.79 Å². The molecule has 1 heterocycles. The second kappa shape index (κ2) is 5.01. The van der Waals surface area contributed by atoms with Gasteiger partial charge < -0.3 is 16.0 Å². The molecular formula is C14H18FN3O. The minimum absolute atomic E-state index is 0.222. The van der Waals surface area contributed by atoms with Crippen LogP contribution >= 0.6 is 0 Å². The lowest BCUT2D eigenvalue weighted by molar-refractivity contribution is -0.123. The summed E-state index contributed by atoms with van der Waals surface area (Å²) in [7, 11) is 1.61. The lowest BCUT2D eigenvalue weighted by Gasteiger charge is -2.35. The van der Waals surface area contributed by atoms with Gasteiger partial charge in [-0.25, -0.2) is 4.39 Å². The van der Waals surface area contributed by atoms with Gasteiger partial charge in [0.05, 0.1) is 11.4 Å². The van der Waals surface area contributed by atoms with E-state index < -0.39 is 5.54 Å². The average molecular weight is 263 g/mol. The zero-order chi connectivity index (χ0) is 14.0. The number of para-hydroxylation sites is 1. The summed E-state index contributed by atoms with van der Waals surface area (Å²) < 4.78 is 13.8. The Hall–Kier alpha value is -1.88. The lowest BCUT2D eigenvalue weighted by atomic mass is 9.89. The number of carbonyl (C=O) groups excluding carboxylic acids is 1. The molecule has 5 heteroatoms. The fraction of sp³-hybridized carbons (Fsp3) is 0.357. The van der Waals surface area contributed by atoms with E-state index in [0.717, 1.165) is 0 Å². The molecule has 0 bridgehead atoms. The Bertz CT molecular complexity index is 517. The summed E-state index contributed by atoms with van der Waals surface area (Å²) in [5, 5.41) is 3.01. The number of nitrogens with two attached hydrogens (primary N) is 1. The van der Waals surface area contributed by atoms with Gasteiger partial charge in [0.15, 0.2) is 0 Å². The largest absolute Gasteiger partial charge is 0.381 e. The number of hydrogen-bond donors (Lipinski definition) is 2. The fourth-order valence-corrected chi connectivity index (χ4v) is 2.38. The van der Waals surface area contributed by atoms with Crippen LogP contribution in [0, 0.1) is 5.82 Å². The summed E-state index contributed by atoms with van der Waals surface area (Å²) in [6.45, 7) is 4.08. The van der Waals surface area contributed by atoms with E-state index in [9.17, 15) is 9.18 Å². The molecule has 0 aliphatic carbocycles. The first kappa shape index (κ1) is 13.5. The molecule has 1 aromatic rings. The van der Waals surface area contributed by atoms with E-state index in [0.29, 0.717) is 30.8 Å². The molecule has 0 fully saturated rings. The molecule has 19 heavy (non-hydrogen) atoms. The summed E-state index contributed by atoms with van der Waals surface area (Å²) in [5.74, 6) is -0.592. The standard InChI is InChI=1S/C14H18FN3O/c1-3-7-14(16)8-9-17-12-10(15)5-4-6-11(12)18(2)13(14)19/h3-6,17H,1,7-9,16H2,2H3. The van der Waals surface area contributed by atoms with Crippen molar-refractivity contribution in [1.82, 2.24) is 0 Å². The van der Waals surface area contributed by atoms with Crippen LogP contribution in [0.2, 0.25) is 0 Å². The Morgan fingerprint density at radius 1 is 1.63 bits per heavy atom. The highest BCUT2D eigenvalue weighted by molar-refractivity contribution is 6.02. The Morgan fingerprint density at radius 2 is 2.37 bits per heavy atom. The van der Waals surface area contributed by atoms with Gasteiger partial charge in [-0.1, -0.05) is 12.1 Å². The molecule has 102 valence electrons. The highest BCUT2D eigenvalue weighted by Crippen LogP contribution is 2.32. The van der Waals surface area contributed by atoms with Gasteiger partial charge in [0.1, 0.15) is 11.4 Å². The van der Waals surface area contributed by atoms with Crippen LogP contribution in [0.15, 0.2) is 30.9 Å². The van der Waals surface area contributed by atoms with Gasteiger partial charge in [0, 0.05) is 13.6 Å². The van der Waals surface area contributed by atoms with Gasteiger partial charge in [0.2, 0.25) is 5.91 Å². The fourth-order valence-electron chi connectivity index (χ4n) is 2.38. The summed E-state index contributed by atoms with van der Waals surface area (Å²) >= 11 is 0. The van der Waals surface area contributed by atoms with Crippen molar-refractivity contribution in [3.05, 3.63) is 36.7 Å². The third-order valence-electron chi connectivity index (χ3n) is 3.47. The first-order valence-electron chi connectivity index (χ1n) is 6.20. The van der Waals surface area contributed by atoms with Crippen LogP contribution < -0.4 is 16.0 Å². The molecule has 0 aromatic heterocycles. The molecule has 1 unspecified atom stereocenters. The highest BCUT2D eigenvalue weighted by Gasteiger charge is 2.37. The van der Waals surface area contributed by atoms with Crippen molar-refractivity contribution in [1.29, 1.82) is 0 Å². The minimum Gasteiger partial charge on any atom is -0.381 e. The van der Waals surface area contributed by atoms with Crippen LogP contribution in [-0.4, -0.2) is 25.0 Å². The summed E-state index contributed by atoms with van der Waals surface area (Å²) in [4.78, 5) is 13.9. The molecular weight excluding hydrogens is 245 g/mol. The maximum atomic E-state index is 13.8. The minimum atomic E-state index is -0.993. The Labute approximate surface area is 112 Å². The van der Waals surface area contributed by atoms with Crippen molar-refractivity contribution in [2.45, 2.75) is 18.4 Å². The predicted molar refractivity (Wildman–Crippen MR) is 74.6 cm³/mol. The summed E-state index contributed by atoms with van der Waals surface area (Å²) in [5.41, 5.74) is 6.03. The number of halogens is 1. The molecule has 0 saturated heterocycles. The van der Waals surface area contributed by atoms with E-state index in [4.69, 9.17) is 5.73 Å². The molecule has 3 N–H and O–H groups in total. The van der Waals surface area contributed by atoms with Crippen LogP contribution in [-0.2, 0) is 4.79 Å². The molecule has 1 aromatic carbocycles. The number of fused-ring (bicyclic) bond motifs is 1. The summed E-state index contributed by atoms with van der Waals surface area (Å²) in [6.07, 6.45) is 2.46. The maximum absolute atomic E-state index is 13.8. The quantitative estimate of drug-likeness (QED) is 0.801. The Morgan fingerprint density at radius 3 is 3.05 bits per heavy atom. The lowest BCUT2D eigenvalue weighted by Crippen LogP contribution is -2.56. The van der Waals surface area contributed by atoms with Gasteiger partial charge in [-0.05, 0) is 25.0 Å². The Kier molecular flexibility index (Phi) is 3.57. The zero-order valence-corrected chi connectivity index (χ0v) is 10.9. The number of nitrogens with zero attached hydrogens (tertiary/aromatic N) is 1. The third kappa shape index (κ3) is 2.33. The van der Waals surface area contributed by atoms with Gasteiger partial charge in [-0.2, -0.15) is 0 Å². The van der Waals surface area contributed by atoms with E-state index in [1.165, 1.54) is 11.0 Å². The number of amides is 1. The number of carbonyl (C=O) groups is 1. The number of likely N-dealkylation sites (N-methyl/N-ethyl adjacent to an activating group) is 1. The highest BCUT2D eigenvalue weighted by atomic mass is 19.1. The van der Waals surface area contributed by atoms with Crippen LogP contribution in [0.3, 0.4) is 0 Å². The predicted octanol–water partition coefficient (Wildman–Crippen LogP) is 1.88. The maximum Gasteiger partial charge on any atom is 0.247 e. The molecule has 1 atom stereocenters. The second-order valence-corrected chi connectivity index (χ2v) is 4.82. The van der Waals surface area contributed by atoms with Gasteiger partial charge >= 0.3 is 0 Å². The van der Waals surface area contributed by atoms with Crippen molar-refractivity contribution in [2.24, 2.45) is 5.73 Å². The summed E-state index contributed by atoms with van der Waals surface area (Å²) in [6, 6.07) is 4.64. The average Bonchev–Trinajstić information content (AvgIpc) is 2.38. The van der Waals surface area contributed by atoms with E-state index in [1.54, 1.807) is 25.3 Å². The van der Waals surface area contributed by atoms with Gasteiger partial charge in [0.25, 0.3) is 0 Å². The SMILES string of the molecule is C=CCC1(N)CCNc2c(F)cccc2N(C)C1=O. The number of hydrogen-bond acceptors (Lipinski definition) is 3. The third-order valence-corrected chi connectivity index (χ3v) is 3.47. The van der Waals surface area contributed by atoms with Crippen molar-refractivity contribution in [3.8, 4) is 0 Å². The van der Waals surface area contributed by atoms with Crippen molar-refractivity contribution < 1.29 is 9.18 Å². The normalized spacial score (nSPS) is 23.1. The first-order valence-corrected chi connectivity index (χ1v) is 6.20. The van der Waals surface area contributed by atoms with Crippen LogP contribution in [0.4, 0.5) is 15.8 Å². The van der Waals surface area contributed by atoms with Crippen LogP contribution in [0.1, 0.15) is 12.8 Å². The van der Waals surface area contributed by atoms with Crippen LogP contribution in [0.5, 0.6) is 0 Å². The smallest absolute Gasteiger partial charge is 0.247 e.